The van der Waals surface area contributed by atoms with Crippen molar-refractivity contribution >= 4 is 6.09 Å². The Morgan fingerprint density at radius 2 is 2.27 bits per heavy atom. The van der Waals surface area contributed by atoms with E-state index in [1.54, 1.807) is 0 Å². The molecule has 1 aliphatic heterocycles. The lowest BCUT2D eigenvalue weighted by Gasteiger charge is -2.36. The SMILES string of the molecule is CCCCOC(=O)N1C[C@H](C)NC[C@H]1C. The van der Waals surface area contributed by atoms with Gasteiger partial charge < -0.3 is 15.0 Å². The predicted molar refractivity (Wildman–Crippen MR) is 59.9 cm³/mol. The zero-order valence-corrected chi connectivity index (χ0v) is 9.95. The molecule has 15 heavy (non-hydrogen) atoms. The molecule has 1 N–H and O–H groups in total. The van der Waals surface area contributed by atoms with Gasteiger partial charge in [0.05, 0.1) is 6.61 Å². The summed E-state index contributed by atoms with van der Waals surface area (Å²) in [4.78, 5) is 13.5. The summed E-state index contributed by atoms with van der Waals surface area (Å²) in [7, 11) is 0. The van der Waals surface area contributed by atoms with Crippen LogP contribution < -0.4 is 5.32 Å². The predicted octanol–water partition coefficient (Wildman–Crippen LogP) is 1.61. The van der Waals surface area contributed by atoms with Crippen molar-refractivity contribution in [1.29, 1.82) is 0 Å². The molecule has 1 amide bonds. The van der Waals surface area contributed by atoms with Gasteiger partial charge >= 0.3 is 6.09 Å². The maximum atomic E-state index is 11.7. The number of amides is 1. The van der Waals surface area contributed by atoms with Crippen LogP contribution in [0.4, 0.5) is 4.79 Å². The molecule has 4 heteroatoms. The molecule has 0 radical (unpaired) electrons. The van der Waals surface area contributed by atoms with E-state index in [0.717, 1.165) is 25.9 Å². The first-order valence-corrected chi connectivity index (χ1v) is 5.82. The number of nitrogens with zero attached hydrogens (tertiary/aromatic N) is 1. The molecule has 1 fully saturated rings. The van der Waals surface area contributed by atoms with Gasteiger partial charge in [-0.05, 0) is 20.3 Å². The number of carbonyl (C=O) groups is 1. The second-order valence-corrected chi connectivity index (χ2v) is 4.28. The summed E-state index contributed by atoms with van der Waals surface area (Å²) < 4.78 is 5.20. The van der Waals surface area contributed by atoms with Crippen molar-refractivity contribution in [1.82, 2.24) is 10.2 Å². The Bertz CT molecular complexity index is 209. The minimum atomic E-state index is -0.163. The Labute approximate surface area is 92.0 Å². The van der Waals surface area contributed by atoms with E-state index in [9.17, 15) is 4.79 Å². The molecule has 0 bridgehead atoms. The van der Waals surface area contributed by atoms with Crippen LogP contribution in [-0.2, 0) is 4.74 Å². The Morgan fingerprint density at radius 1 is 1.53 bits per heavy atom. The van der Waals surface area contributed by atoms with Crippen LogP contribution in [0.1, 0.15) is 33.6 Å². The van der Waals surface area contributed by atoms with E-state index in [-0.39, 0.29) is 12.1 Å². The van der Waals surface area contributed by atoms with Gasteiger partial charge in [0.25, 0.3) is 0 Å². The molecule has 2 atom stereocenters. The highest BCUT2D eigenvalue weighted by Gasteiger charge is 2.27. The molecule has 1 heterocycles. The average molecular weight is 214 g/mol. The number of hydrogen-bond acceptors (Lipinski definition) is 3. The Morgan fingerprint density at radius 3 is 2.93 bits per heavy atom. The monoisotopic (exact) mass is 214 g/mol. The molecule has 0 aromatic carbocycles. The Hall–Kier alpha value is -0.770. The fourth-order valence-corrected chi connectivity index (χ4v) is 1.66. The first kappa shape index (κ1) is 12.3. The number of piperazine rings is 1. The lowest BCUT2D eigenvalue weighted by Crippen LogP contribution is -2.56. The minimum Gasteiger partial charge on any atom is -0.449 e. The zero-order chi connectivity index (χ0) is 11.3. The topological polar surface area (TPSA) is 41.6 Å². The second kappa shape index (κ2) is 5.95. The van der Waals surface area contributed by atoms with Crippen LogP contribution in [0, 0.1) is 0 Å². The fraction of sp³-hybridized carbons (Fsp3) is 0.909. The van der Waals surface area contributed by atoms with E-state index in [1.807, 2.05) is 11.8 Å². The lowest BCUT2D eigenvalue weighted by molar-refractivity contribution is 0.0727. The van der Waals surface area contributed by atoms with Crippen LogP contribution in [0.2, 0.25) is 0 Å². The van der Waals surface area contributed by atoms with Gasteiger partial charge in [0.15, 0.2) is 0 Å². The molecule has 0 unspecified atom stereocenters. The number of ether oxygens (including phenoxy) is 1. The molecule has 88 valence electrons. The number of carbonyl (C=O) groups excluding carboxylic acids is 1. The largest absolute Gasteiger partial charge is 0.449 e. The maximum Gasteiger partial charge on any atom is 0.410 e. The van der Waals surface area contributed by atoms with Crippen LogP contribution in [0.15, 0.2) is 0 Å². The Balaban J connectivity index is 2.35. The van der Waals surface area contributed by atoms with Gasteiger partial charge in [-0.15, -0.1) is 0 Å². The maximum absolute atomic E-state index is 11.7. The number of nitrogens with one attached hydrogen (secondary N) is 1. The van der Waals surface area contributed by atoms with E-state index in [2.05, 4.69) is 19.2 Å². The minimum absolute atomic E-state index is 0.163. The molecule has 0 saturated carbocycles. The third-order valence-electron chi connectivity index (χ3n) is 2.72. The van der Waals surface area contributed by atoms with Crippen LogP contribution in [0.25, 0.3) is 0 Å². The van der Waals surface area contributed by atoms with Gasteiger partial charge in [-0.25, -0.2) is 4.79 Å². The van der Waals surface area contributed by atoms with Crippen molar-refractivity contribution in [3.8, 4) is 0 Å². The van der Waals surface area contributed by atoms with Crippen molar-refractivity contribution < 1.29 is 9.53 Å². The first-order chi connectivity index (χ1) is 7.15. The molecule has 1 rings (SSSR count). The van der Waals surface area contributed by atoms with Gasteiger partial charge in [-0.1, -0.05) is 13.3 Å². The molecule has 1 aliphatic rings. The smallest absolute Gasteiger partial charge is 0.410 e. The van der Waals surface area contributed by atoms with Gasteiger partial charge in [0, 0.05) is 25.2 Å². The summed E-state index contributed by atoms with van der Waals surface area (Å²) in [5, 5.41) is 3.33. The second-order valence-electron chi connectivity index (χ2n) is 4.28. The highest BCUT2D eigenvalue weighted by Crippen LogP contribution is 2.08. The standard InChI is InChI=1S/C11H22N2O2/c1-4-5-6-15-11(14)13-8-9(2)12-7-10(13)3/h9-10,12H,4-8H2,1-3H3/t9-,10+/m0/s1. The van der Waals surface area contributed by atoms with Crippen molar-refractivity contribution in [3.05, 3.63) is 0 Å². The van der Waals surface area contributed by atoms with Crippen LogP contribution >= 0.6 is 0 Å². The van der Waals surface area contributed by atoms with Crippen molar-refractivity contribution in [2.75, 3.05) is 19.7 Å². The third-order valence-corrected chi connectivity index (χ3v) is 2.72. The number of hydrogen-bond donors (Lipinski definition) is 1. The molecule has 0 aromatic heterocycles. The Kier molecular flexibility index (Phi) is 4.88. The molecule has 1 saturated heterocycles. The third kappa shape index (κ3) is 3.70. The van der Waals surface area contributed by atoms with Crippen molar-refractivity contribution in [3.63, 3.8) is 0 Å². The molecule has 0 aromatic rings. The van der Waals surface area contributed by atoms with Gasteiger partial charge in [-0.3, -0.25) is 0 Å². The van der Waals surface area contributed by atoms with Crippen LogP contribution in [-0.4, -0.2) is 42.8 Å². The lowest BCUT2D eigenvalue weighted by atomic mass is 10.1. The van der Waals surface area contributed by atoms with E-state index >= 15 is 0 Å². The van der Waals surface area contributed by atoms with Gasteiger partial charge in [0.1, 0.15) is 0 Å². The normalized spacial score (nSPS) is 26.5. The van der Waals surface area contributed by atoms with Gasteiger partial charge in [-0.2, -0.15) is 0 Å². The van der Waals surface area contributed by atoms with Gasteiger partial charge in [0.2, 0.25) is 0 Å². The zero-order valence-electron chi connectivity index (χ0n) is 9.95. The van der Waals surface area contributed by atoms with Crippen LogP contribution in [0.5, 0.6) is 0 Å². The molecular weight excluding hydrogens is 192 g/mol. The van der Waals surface area contributed by atoms with Crippen molar-refractivity contribution in [2.45, 2.75) is 45.7 Å². The van der Waals surface area contributed by atoms with E-state index in [4.69, 9.17) is 4.74 Å². The summed E-state index contributed by atoms with van der Waals surface area (Å²) in [6.07, 6.45) is 1.84. The van der Waals surface area contributed by atoms with Crippen molar-refractivity contribution in [2.24, 2.45) is 0 Å². The van der Waals surface area contributed by atoms with E-state index < -0.39 is 0 Å². The molecule has 0 spiro atoms. The van der Waals surface area contributed by atoms with E-state index in [0.29, 0.717) is 12.6 Å². The summed E-state index contributed by atoms with van der Waals surface area (Å²) >= 11 is 0. The average Bonchev–Trinajstić information content (AvgIpc) is 2.22. The fourth-order valence-electron chi connectivity index (χ4n) is 1.66. The molecular formula is C11H22N2O2. The summed E-state index contributed by atoms with van der Waals surface area (Å²) in [6, 6.07) is 0.593. The first-order valence-electron chi connectivity index (χ1n) is 5.82. The quantitative estimate of drug-likeness (QED) is 0.726. The van der Waals surface area contributed by atoms with E-state index in [1.165, 1.54) is 0 Å². The number of rotatable bonds is 3. The number of unbranched alkanes of at least 4 members (excludes halogenated alkanes) is 1. The summed E-state index contributed by atoms with van der Waals surface area (Å²) in [6.45, 7) is 8.35. The highest BCUT2D eigenvalue weighted by atomic mass is 16.6. The summed E-state index contributed by atoms with van der Waals surface area (Å²) in [5.74, 6) is 0. The molecule has 0 aliphatic carbocycles. The highest BCUT2D eigenvalue weighted by molar-refractivity contribution is 5.68. The summed E-state index contributed by atoms with van der Waals surface area (Å²) in [5.41, 5.74) is 0. The van der Waals surface area contributed by atoms with Crippen LogP contribution in [0.3, 0.4) is 0 Å². The molecule has 4 nitrogen and oxygen atoms in total.